The molecule has 1 aliphatic carbocycles. The van der Waals surface area contributed by atoms with Gasteiger partial charge in [-0.25, -0.2) is 0 Å². The third-order valence-electron chi connectivity index (χ3n) is 3.82. The summed E-state index contributed by atoms with van der Waals surface area (Å²) in [4.78, 5) is 12.6. The van der Waals surface area contributed by atoms with E-state index in [1.165, 1.54) is 25.0 Å². The van der Waals surface area contributed by atoms with Gasteiger partial charge in [-0.05, 0) is 38.4 Å². The Morgan fingerprint density at radius 3 is 2.80 bits per heavy atom. The molecule has 0 amide bonds. The zero-order valence-corrected chi connectivity index (χ0v) is 12.6. The predicted molar refractivity (Wildman–Crippen MR) is 80.1 cm³/mol. The Hall–Kier alpha value is -1.17. The number of hydrogen-bond donors (Lipinski definition) is 1. The molecule has 0 saturated heterocycles. The zero-order valence-electron chi connectivity index (χ0n) is 11.8. The lowest BCUT2D eigenvalue weighted by molar-refractivity contribution is -0.384. The van der Waals surface area contributed by atoms with Gasteiger partial charge in [0, 0.05) is 37.3 Å². The maximum Gasteiger partial charge on any atom is 0.270 e. The van der Waals surface area contributed by atoms with E-state index < -0.39 is 4.92 Å². The number of nitrogens with zero attached hydrogens (tertiary/aromatic N) is 2. The van der Waals surface area contributed by atoms with Gasteiger partial charge in [-0.1, -0.05) is 11.6 Å². The minimum atomic E-state index is -0.435. The van der Waals surface area contributed by atoms with Gasteiger partial charge in [-0.2, -0.15) is 0 Å². The molecule has 1 unspecified atom stereocenters. The van der Waals surface area contributed by atoms with Crippen molar-refractivity contribution in [3.8, 4) is 0 Å². The van der Waals surface area contributed by atoms with Crippen molar-refractivity contribution in [2.45, 2.75) is 38.4 Å². The van der Waals surface area contributed by atoms with E-state index in [9.17, 15) is 10.1 Å². The van der Waals surface area contributed by atoms with Crippen LogP contribution in [0.15, 0.2) is 18.2 Å². The van der Waals surface area contributed by atoms with Crippen LogP contribution in [0.4, 0.5) is 5.69 Å². The SMILES string of the molecule is CC(CNCc1ccc([N+](=O)[O-])cc1Cl)N(C)C1CC1. The van der Waals surface area contributed by atoms with Crippen LogP contribution >= 0.6 is 11.6 Å². The Balaban J connectivity index is 1.83. The number of rotatable bonds is 7. The van der Waals surface area contributed by atoms with Crippen LogP contribution in [-0.4, -0.2) is 35.5 Å². The van der Waals surface area contributed by atoms with Crippen LogP contribution in [0.1, 0.15) is 25.3 Å². The van der Waals surface area contributed by atoms with Crippen LogP contribution in [-0.2, 0) is 6.54 Å². The molecule has 0 heterocycles. The topological polar surface area (TPSA) is 58.4 Å². The summed E-state index contributed by atoms with van der Waals surface area (Å²) in [7, 11) is 2.16. The molecule has 0 aliphatic heterocycles. The molecule has 6 heteroatoms. The van der Waals surface area contributed by atoms with Gasteiger partial charge in [0.05, 0.1) is 9.95 Å². The van der Waals surface area contributed by atoms with Crippen molar-refractivity contribution in [2.75, 3.05) is 13.6 Å². The highest BCUT2D eigenvalue weighted by molar-refractivity contribution is 6.31. The minimum Gasteiger partial charge on any atom is -0.311 e. The monoisotopic (exact) mass is 297 g/mol. The van der Waals surface area contributed by atoms with Gasteiger partial charge in [0.15, 0.2) is 0 Å². The molecule has 0 bridgehead atoms. The van der Waals surface area contributed by atoms with E-state index >= 15 is 0 Å². The Labute approximate surface area is 124 Å². The van der Waals surface area contributed by atoms with Crippen LogP contribution < -0.4 is 5.32 Å². The van der Waals surface area contributed by atoms with E-state index in [1.54, 1.807) is 6.07 Å². The molecule has 1 atom stereocenters. The molecule has 2 rings (SSSR count). The summed E-state index contributed by atoms with van der Waals surface area (Å²) in [5.41, 5.74) is 0.916. The molecule has 1 fully saturated rings. The van der Waals surface area contributed by atoms with Gasteiger partial charge in [0.2, 0.25) is 0 Å². The summed E-state index contributed by atoms with van der Waals surface area (Å²) >= 11 is 6.06. The lowest BCUT2D eigenvalue weighted by atomic mass is 10.2. The highest BCUT2D eigenvalue weighted by Gasteiger charge is 2.28. The van der Waals surface area contributed by atoms with E-state index in [0.717, 1.165) is 18.2 Å². The lowest BCUT2D eigenvalue weighted by Crippen LogP contribution is -2.38. The molecule has 20 heavy (non-hydrogen) atoms. The maximum absolute atomic E-state index is 10.6. The van der Waals surface area contributed by atoms with Gasteiger partial charge in [-0.15, -0.1) is 0 Å². The number of hydrogen-bond acceptors (Lipinski definition) is 4. The fourth-order valence-electron chi connectivity index (χ4n) is 2.19. The van der Waals surface area contributed by atoms with Crippen LogP contribution in [0.3, 0.4) is 0 Å². The number of nitrogens with one attached hydrogen (secondary N) is 1. The Morgan fingerprint density at radius 2 is 2.25 bits per heavy atom. The molecule has 1 N–H and O–H groups in total. The first-order valence-corrected chi connectivity index (χ1v) is 7.22. The number of non-ortho nitro benzene ring substituents is 1. The minimum absolute atomic E-state index is 0.0283. The number of halogens is 1. The average molecular weight is 298 g/mol. The first-order chi connectivity index (χ1) is 9.49. The second-order valence-corrected chi connectivity index (χ2v) is 5.82. The summed E-state index contributed by atoms with van der Waals surface area (Å²) in [5.74, 6) is 0. The largest absolute Gasteiger partial charge is 0.311 e. The van der Waals surface area contributed by atoms with E-state index in [-0.39, 0.29) is 5.69 Å². The van der Waals surface area contributed by atoms with Crippen LogP contribution in [0.5, 0.6) is 0 Å². The van der Waals surface area contributed by atoms with Gasteiger partial charge in [-0.3, -0.25) is 15.0 Å². The molecule has 1 aliphatic rings. The standard InChI is InChI=1S/C14H20ClN3O2/c1-10(17(2)12-5-6-12)8-16-9-11-3-4-13(18(19)20)7-14(11)15/h3-4,7,10,12,16H,5-6,8-9H2,1-2H3. The lowest BCUT2D eigenvalue weighted by Gasteiger charge is -2.24. The quantitative estimate of drug-likeness (QED) is 0.621. The van der Waals surface area contributed by atoms with Crippen molar-refractivity contribution in [1.29, 1.82) is 0 Å². The number of nitro groups is 1. The number of likely N-dealkylation sites (N-methyl/N-ethyl adjacent to an activating group) is 1. The van der Waals surface area contributed by atoms with Crippen LogP contribution in [0.25, 0.3) is 0 Å². The third kappa shape index (κ3) is 3.91. The van der Waals surface area contributed by atoms with Gasteiger partial charge in [0.25, 0.3) is 5.69 Å². The van der Waals surface area contributed by atoms with Gasteiger partial charge < -0.3 is 5.32 Å². The summed E-state index contributed by atoms with van der Waals surface area (Å²) in [6, 6.07) is 5.82. The maximum atomic E-state index is 10.6. The average Bonchev–Trinajstić information content (AvgIpc) is 3.23. The fourth-order valence-corrected chi connectivity index (χ4v) is 2.44. The molecule has 1 aromatic carbocycles. The molecule has 1 saturated carbocycles. The molecule has 0 radical (unpaired) electrons. The highest BCUT2D eigenvalue weighted by Crippen LogP contribution is 2.27. The van der Waals surface area contributed by atoms with Crippen molar-refractivity contribution in [3.05, 3.63) is 38.9 Å². The second kappa shape index (κ2) is 6.52. The fraction of sp³-hybridized carbons (Fsp3) is 0.571. The molecule has 0 spiro atoms. The van der Waals surface area contributed by atoms with E-state index in [0.29, 0.717) is 17.6 Å². The number of benzene rings is 1. The van der Waals surface area contributed by atoms with Gasteiger partial charge >= 0.3 is 0 Å². The number of nitro benzene ring substituents is 1. The van der Waals surface area contributed by atoms with Crippen molar-refractivity contribution in [3.63, 3.8) is 0 Å². The smallest absolute Gasteiger partial charge is 0.270 e. The molecule has 110 valence electrons. The molecule has 0 aromatic heterocycles. The van der Waals surface area contributed by atoms with Crippen molar-refractivity contribution >= 4 is 17.3 Å². The molecular weight excluding hydrogens is 278 g/mol. The third-order valence-corrected chi connectivity index (χ3v) is 4.17. The summed E-state index contributed by atoms with van der Waals surface area (Å²) in [6.07, 6.45) is 2.60. The first kappa shape index (κ1) is 15.2. The summed E-state index contributed by atoms with van der Waals surface area (Å²) in [6.45, 7) is 3.70. The summed E-state index contributed by atoms with van der Waals surface area (Å²) < 4.78 is 0. The van der Waals surface area contributed by atoms with E-state index in [1.807, 2.05) is 0 Å². The Bertz CT molecular complexity index is 491. The van der Waals surface area contributed by atoms with Crippen molar-refractivity contribution in [1.82, 2.24) is 10.2 Å². The Kier molecular flexibility index (Phi) is 4.96. The normalized spacial score (nSPS) is 16.4. The van der Waals surface area contributed by atoms with Gasteiger partial charge in [0.1, 0.15) is 0 Å². The molecular formula is C14H20ClN3O2. The molecule has 5 nitrogen and oxygen atoms in total. The summed E-state index contributed by atoms with van der Waals surface area (Å²) in [5, 5.41) is 14.4. The van der Waals surface area contributed by atoms with E-state index in [2.05, 4.69) is 24.2 Å². The highest BCUT2D eigenvalue weighted by atomic mass is 35.5. The predicted octanol–water partition coefficient (Wildman–Crippen LogP) is 2.82. The molecule has 1 aromatic rings. The first-order valence-electron chi connectivity index (χ1n) is 6.84. The van der Waals surface area contributed by atoms with Crippen LogP contribution in [0.2, 0.25) is 5.02 Å². The zero-order chi connectivity index (χ0) is 14.7. The Morgan fingerprint density at radius 1 is 1.55 bits per heavy atom. The van der Waals surface area contributed by atoms with Crippen molar-refractivity contribution < 1.29 is 4.92 Å². The second-order valence-electron chi connectivity index (χ2n) is 5.41. The van der Waals surface area contributed by atoms with Crippen LogP contribution in [0, 0.1) is 10.1 Å². The van der Waals surface area contributed by atoms with Crippen molar-refractivity contribution in [2.24, 2.45) is 0 Å². The van der Waals surface area contributed by atoms with E-state index in [4.69, 9.17) is 11.6 Å².